The third-order valence-corrected chi connectivity index (χ3v) is 4.55. The van der Waals surface area contributed by atoms with E-state index in [9.17, 15) is 4.79 Å². The number of nitrogens with one attached hydrogen (secondary N) is 1. The number of carbonyl (C=O) groups excluding carboxylic acids is 1. The fraction of sp³-hybridized carbons (Fsp3) is 0. The van der Waals surface area contributed by atoms with Crippen molar-refractivity contribution in [2.45, 2.75) is 0 Å². The number of fused-ring (bicyclic) bond motifs is 3. The molecule has 0 aliphatic carbocycles. The zero-order valence-corrected chi connectivity index (χ0v) is 15.2. The van der Waals surface area contributed by atoms with Crippen LogP contribution in [0.15, 0.2) is 76.2 Å². The highest BCUT2D eigenvalue weighted by molar-refractivity contribution is 14.1. The molecule has 0 bridgehead atoms. The maximum Gasteiger partial charge on any atom is 0.307 e. The van der Waals surface area contributed by atoms with Crippen molar-refractivity contribution in [2.24, 2.45) is 5.10 Å². The first-order valence-electron chi connectivity index (χ1n) is 7.71. The Kier molecular flexibility index (Phi) is 4.23. The van der Waals surface area contributed by atoms with E-state index >= 15 is 0 Å². The fourth-order valence-electron chi connectivity index (χ4n) is 2.71. The third kappa shape index (κ3) is 3.28. The smallest absolute Gasteiger partial charge is 0.307 e. The highest BCUT2D eigenvalue weighted by atomic mass is 127. The molecule has 122 valence electrons. The molecule has 3 aromatic carbocycles. The molecule has 0 fully saturated rings. The lowest BCUT2D eigenvalue weighted by atomic mass is 10.1. The molecule has 0 unspecified atom stereocenters. The van der Waals surface area contributed by atoms with Gasteiger partial charge in [0.15, 0.2) is 5.76 Å². The number of halogens is 1. The van der Waals surface area contributed by atoms with Gasteiger partial charge in [0.2, 0.25) is 0 Å². The van der Waals surface area contributed by atoms with Crippen molar-refractivity contribution >= 4 is 56.5 Å². The molecule has 5 heteroatoms. The van der Waals surface area contributed by atoms with Crippen molar-refractivity contribution in [1.29, 1.82) is 0 Å². The number of amides is 1. The Hall–Kier alpha value is -2.67. The molecule has 1 heterocycles. The summed E-state index contributed by atoms with van der Waals surface area (Å²) in [4.78, 5) is 12.3. The second kappa shape index (κ2) is 6.68. The number of hydrogen-bond acceptors (Lipinski definition) is 3. The number of benzene rings is 3. The van der Waals surface area contributed by atoms with Crippen LogP contribution < -0.4 is 5.43 Å². The average Bonchev–Trinajstić information content (AvgIpc) is 3.07. The quantitative estimate of drug-likeness (QED) is 0.278. The predicted octanol–water partition coefficient (Wildman–Crippen LogP) is 4.95. The first-order chi connectivity index (χ1) is 12.2. The molecular weight excluding hydrogens is 427 g/mol. The Bertz CT molecular complexity index is 1120. The molecule has 0 spiro atoms. The van der Waals surface area contributed by atoms with Crippen LogP contribution >= 0.6 is 22.6 Å². The highest BCUT2D eigenvalue weighted by Gasteiger charge is 2.13. The van der Waals surface area contributed by atoms with Crippen LogP contribution in [0.25, 0.3) is 21.7 Å². The van der Waals surface area contributed by atoms with Gasteiger partial charge in [0.25, 0.3) is 0 Å². The largest absolute Gasteiger partial charge is 0.451 e. The van der Waals surface area contributed by atoms with Crippen LogP contribution in [-0.4, -0.2) is 12.1 Å². The topological polar surface area (TPSA) is 54.6 Å². The van der Waals surface area contributed by atoms with Crippen LogP contribution in [0, 0.1) is 3.57 Å². The van der Waals surface area contributed by atoms with Crippen LogP contribution in [0.4, 0.5) is 0 Å². The second-order valence-corrected chi connectivity index (χ2v) is 6.81. The van der Waals surface area contributed by atoms with Crippen molar-refractivity contribution in [3.05, 3.63) is 81.6 Å². The summed E-state index contributed by atoms with van der Waals surface area (Å²) >= 11 is 2.23. The molecular formula is C20H13IN2O2. The summed E-state index contributed by atoms with van der Waals surface area (Å²) in [6, 6.07) is 21.5. The van der Waals surface area contributed by atoms with E-state index in [0.29, 0.717) is 5.58 Å². The fourth-order valence-corrected chi connectivity index (χ4v) is 3.28. The SMILES string of the molecule is O=C(N/N=C/c1cccc(I)c1)c1cc2c(ccc3ccccc32)o1. The number of furan rings is 1. The Morgan fingerprint density at radius 3 is 2.76 bits per heavy atom. The van der Waals surface area contributed by atoms with Crippen molar-refractivity contribution in [1.82, 2.24) is 5.43 Å². The van der Waals surface area contributed by atoms with E-state index in [2.05, 4.69) is 33.1 Å². The first kappa shape index (κ1) is 15.8. The Morgan fingerprint density at radius 1 is 1.00 bits per heavy atom. The Labute approximate surface area is 157 Å². The number of hydrogen-bond donors (Lipinski definition) is 1. The third-order valence-electron chi connectivity index (χ3n) is 3.88. The van der Waals surface area contributed by atoms with Crippen LogP contribution in [0.2, 0.25) is 0 Å². The normalized spacial score (nSPS) is 11.4. The molecule has 1 N–H and O–H groups in total. The lowest BCUT2D eigenvalue weighted by molar-refractivity contribution is 0.0929. The van der Waals surface area contributed by atoms with Gasteiger partial charge < -0.3 is 4.42 Å². The molecule has 1 aromatic heterocycles. The minimum Gasteiger partial charge on any atom is -0.451 e. The maximum atomic E-state index is 12.3. The Balaban J connectivity index is 1.59. The van der Waals surface area contributed by atoms with E-state index in [1.165, 1.54) is 0 Å². The first-order valence-corrected chi connectivity index (χ1v) is 8.79. The standard InChI is InChI=1S/C20H13IN2O2/c21-15-6-3-4-13(10-15)12-22-23-20(24)19-11-17-16-7-2-1-5-14(16)8-9-18(17)25-19/h1-12H,(H,23,24)/b22-12+. The minimum atomic E-state index is -0.373. The lowest BCUT2D eigenvalue weighted by Gasteiger charge is -1.96. The van der Waals surface area contributed by atoms with E-state index in [4.69, 9.17) is 4.42 Å². The monoisotopic (exact) mass is 440 g/mol. The van der Waals surface area contributed by atoms with Crippen molar-refractivity contribution < 1.29 is 9.21 Å². The van der Waals surface area contributed by atoms with Gasteiger partial charge in [-0.25, -0.2) is 5.43 Å². The molecule has 1 amide bonds. The van der Waals surface area contributed by atoms with Crippen LogP contribution in [-0.2, 0) is 0 Å². The summed E-state index contributed by atoms with van der Waals surface area (Å²) in [7, 11) is 0. The molecule has 0 aliphatic rings. The van der Waals surface area contributed by atoms with Crippen LogP contribution in [0.1, 0.15) is 16.1 Å². The summed E-state index contributed by atoms with van der Waals surface area (Å²) in [6.45, 7) is 0. The molecule has 0 saturated heterocycles. The number of carbonyl (C=O) groups is 1. The van der Waals surface area contributed by atoms with Gasteiger partial charge in [-0.3, -0.25) is 4.79 Å². The van der Waals surface area contributed by atoms with Gasteiger partial charge in [0.05, 0.1) is 6.21 Å². The van der Waals surface area contributed by atoms with Crippen LogP contribution in [0.5, 0.6) is 0 Å². The van der Waals surface area contributed by atoms with Crippen LogP contribution in [0.3, 0.4) is 0 Å². The lowest BCUT2D eigenvalue weighted by Crippen LogP contribution is -2.16. The van der Waals surface area contributed by atoms with E-state index in [1.807, 2.05) is 60.7 Å². The molecule has 0 atom stereocenters. The molecule has 0 radical (unpaired) electrons. The molecule has 4 rings (SSSR count). The second-order valence-electron chi connectivity index (χ2n) is 5.56. The molecule has 0 saturated carbocycles. The molecule has 4 aromatic rings. The van der Waals surface area contributed by atoms with E-state index in [0.717, 1.165) is 25.3 Å². The van der Waals surface area contributed by atoms with Gasteiger partial charge in [0.1, 0.15) is 5.58 Å². The van der Waals surface area contributed by atoms with Gasteiger partial charge in [-0.2, -0.15) is 5.10 Å². The van der Waals surface area contributed by atoms with E-state index in [-0.39, 0.29) is 11.7 Å². The zero-order chi connectivity index (χ0) is 17.2. The van der Waals surface area contributed by atoms with Crippen molar-refractivity contribution in [3.63, 3.8) is 0 Å². The van der Waals surface area contributed by atoms with Crippen molar-refractivity contribution in [3.8, 4) is 0 Å². The molecule has 4 nitrogen and oxygen atoms in total. The maximum absolute atomic E-state index is 12.3. The van der Waals surface area contributed by atoms with E-state index in [1.54, 1.807) is 12.3 Å². The summed E-state index contributed by atoms with van der Waals surface area (Å²) in [5, 5.41) is 7.10. The van der Waals surface area contributed by atoms with Gasteiger partial charge in [-0.15, -0.1) is 0 Å². The van der Waals surface area contributed by atoms with Crippen molar-refractivity contribution in [2.75, 3.05) is 0 Å². The predicted molar refractivity (Wildman–Crippen MR) is 108 cm³/mol. The highest BCUT2D eigenvalue weighted by Crippen LogP contribution is 2.28. The van der Waals surface area contributed by atoms with E-state index < -0.39 is 0 Å². The summed E-state index contributed by atoms with van der Waals surface area (Å²) in [5.74, 6) is -0.131. The molecule has 25 heavy (non-hydrogen) atoms. The summed E-state index contributed by atoms with van der Waals surface area (Å²) in [6.07, 6.45) is 1.61. The van der Waals surface area contributed by atoms with Gasteiger partial charge in [-0.1, -0.05) is 42.5 Å². The summed E-state index contributed by atoms with van der Waals surface area (Å²) in [5.41, 5.74) is 4.12. The van der Waals surface area contributed by atoms with Gasteiger partial charge in [-0.05, 0) is 63.2 Å². The molecule has 0 aliphatic heterocycles. The zero-order valence-electron chi connectivity index (χ0n) is 13.1. The minimum absolute atomic E-state index is 0.242. The van der Waals surface area contributed by atoms with Gasteiger partial charge >= 0.3 is 5.91 Å². The summed E-state index contributed by atoms with van der Waals surface area (Å²) < 4.78 is 6.78. The van der Waals surface area contributed by atoms with Gasteiger partial charge in [0, 0.05) is 8.96 Å². The Morgan fingerprint density at radius 2 is 1.88 bits per heavy atom. The number of nitrogens with zero attached hydrogens (tertiary/aromatic N) is 1. The number of rotatable bonds is 3. The average molecular weight is 440 g/mol. The number of hydrazone groups is 1.